The Morgan fingerprint density at radius 3 is 2.65 bits per heavy atom. The highest BCUT2D eigenvalue weighted by Gasteiger charge is 2.23. The van der Waals surface area contributed by atoms with Crippen LogP contribution in [0.5, 0.6) is 0 Å². The summed E-state index contributed by atoms with van der Waals surface area (Å²) in [7, 11) is 1.82. The Bertz CT molecular complexity index is 454. The zero-order chi connectivity index (χ0) is 13.9. The SMILES string of the molecule is COC1CCN(c2cc(Br)ccc2CNC2CC2)CC1. The van der Waals surface area contributed by atoms with Crippen molar-refractivity contribution in [3.63, 3.8) is 0 Å². The Hall–Kier alpha value is -0.580. The molecule has 1 aromatic rings. The number of benzene rings is 1. The quantitative estimate of drug-likeness (QED) is 0.891. The molecule has 1 aromatic carbocycles. The van der Waals surface area contributed by atoms with E-state index in [9.17, 15) is 0 Å². The lowest BCUT2D eigenvalue weighted by molar-refractivity contribution is 0.0819. The first-order chi connectivity index (χ1) is 9.76. The Morgan fingerprint density at radius 2 is 2.00 bits per heavy atom. The van der Waals surface area contributed by atoms with Gasteiger partial charge in [0.1, 0.15) is 0 Å². The van der Waals surface area contributed by atoms with Crippen LogP contribution < -0.4 is 10.2 Å². The van der Waals surface area contributed by atoms with Gasteiger partial charge < -0.3 is 15.0 Å². The van der Waals surface area contributed by atoms with Crippen molar-refractivity contribution in [3.05, 3.63) is 28.2 Å². The van der Waals surface area contributed by atoms with Gasteiger partial charge in [0.25, 0.3) is 0 Å². The van der Waals surface area contributed by atoms with E-state index in [1.165, 1.54) is 24.1 Å². The lowest BCUT2D eigenvalue weighted by atomic mass is 10.0. The van der Waals surface area contributed by atoms with Crippen LogP contribution in [0.2, 0.25) is 0 Å². The van der Waals surface area contributed by atoms with Crippen molar-refractivity contribution in [3.8, 4) is 0 Å². The first-order valence-electron chi connectivity index (χ1n) is 7.56. The molecule has 3 rings (SSSR count). The first kappa shape index (κ1) is 14.4. The van der Waals surface area contributed by atoms with Crippen LogP contribution in [0.25, 0.3) is 0 Å². The van der Waals surface area contributed by atoms with E-state index in [2.05, 4.69) is 44.3 Å². The summed E-state index contributed by atoms with van der Waals surface area (Å²) in [6, 6.07) is 7.41. The maximum atomic E-state index is 5.47. The molecule has 1 heterocycles. The minimum Gasteiger partial charge on any atom is -0.381 e. The highest BCUT2D eigenvalue weighted by atomic mass is 79.9. The van der Waals surface area contributed by atoms with Gasteiger partial charge in [-0.25, -0.2) is 0 Å². The molecular weight excluding hydrogens is 316 g/mol. The van der Waals surface area contributed by atoms with E-state index in [4.69, 9.17) is 4.74 Å². The number of hydrogen-bond donors (Lipinski definition) is 1. The summed E-state index contributed by atoms with van der Waals surface area (Å²) in [4.78, 5) is 2.50. The molecule has 0 bridgehead atoms. The summed E-state index contributed by atoms with van der Waals surface area (Å²) in [5.74, 6) is 0. The number of rotatable bonds is 5. The summed E-state index contributed by atoms with van der Waals surface area (Å²) in [5, 5.41) is 3.63. The van der Waals surface area contributed by atoms with E-state index < -0.39 is 0 Å². The summed E-state index contributed by atoms with van der Waals surface area (Å²) >= 11 is 3.61. The number of ether oxygens (including phenoxy) is 1. The summed E-state index contributed by atoms with van der Waals surface area (Å²) in [5.41, 5.74) is 2.79. The number of anilines is 1. The van der Waals surface area contributed by atoms with E-state index in [0.717, 1.165) is 43.0 Å². The first-order valence-corrected chi connectivity index (χ1v) is 8.35. The fraction of sp³-hybridized carbons (Fsp3) is 0.625. The van der Waals surface area contributed by atoms with Gasteiger partial charge in [-0.3, -0.25) is 0 Å². The zero-order valence-electron chi connectivity index (χ0n) is 12.1. The minimum atomic E-state index is 0.437. The molecule has 1 aliphatic heterocycles. The zero-order valence-corrected chi connectivity index (χ0v) is 13.7. The van der Waals surface area contributed by atoms with Crippen LogP contribution in [0.3, 0.4) is 0 Å². The van der Waals surface area contributed by atoms with Crippen LogP contribution in [-0.2, 0) is 11.3 Å². The van der Waals surface area contributed by atoms with E-state index in [-0.39, 0.29) is 0 Å². The van der Waals surface area contributed by atoms with Crippen LogP contribution >= 0.6 is 15.9 Å². The van der Waals surface area contributed by atoms with Gasteiger partial charge in [0.2, 0.25) is 0 Å². The second-order valence-corrected chi connectivity index (χ2v) is 6.77. The van der Waals surface area contributed by atoms with Crippen molar-refractivity contribution >= 4 is 21.6 Å². The standard InChI is InChI=1S/C16H23BrN2O/c1-20-15-6-8-19(9-7-15)16-10-13(17)3-2-12(16)11-18-14-4-5-14/h2-3,10,14-15,18H,4-9,11H2,1H3. The largest absolute Gasteiger partial charge is 0.381 e. The molecular formula is C16H23BrN2O. The van der Waals surface area contributed by atoms with Crippen molar-refractivity contribution in [1.29, 1.82) is 0 Å². The molecule has 20 heavy (non-hydrogen) atoms. The molecule has 110 valence electrons. The van der Waals surface area contributed by atoms with Crippen LogP contribution in [0.15, 0.2) is 22.7 Å². The Kier molecular flexibility index (Phi) is 4.64. The Morgan fingerprint density at radius 1 is 1.25 bits per heavy atom. The number of nitrogens with zero attached hydrogens (tertiary/aromatic N) is 1. The van der Waals surface area contributed by atoms with Gasteiger partial charge in [-0.2, -0.15) is 0 Å². The third-order valence-electron chi connectivity index (χ3n) is 4.32. The van der Waals surface area contributed by atoms with Gasteiger partial charge in [-0.1, -0.05) is 22.0 Å². The van der Waals surface area contributed by atoms with Gasteiger partial charge in [-0.05, 0) is 43.4 Å². The van der Waals surface area contributed by atoms with Gasteiger partial charge in [0, 0.05) is 42.9 Å². The maximum absolute atomic E-state index is 5.47. The van der Waals surface area contributed by atoms with Crippen LogP contribution in [0, 0.1) is 0 Å². The molecule has 4 heteroatoms. The van der Waals surface area contributed by atoms with Crippen molar-refractivity contribution in [1.82, 2.24) is 5.32 Å². The Labute approximate surface area is 129 Å². The number of methoxy groups -OCH3 is 1. The van der Waals surface area contributed by atoms with E-state index in [0.29, 0.717) is 6.10 Å². The van der Waals surface area contributed by atoms with Gasteiger partial charge in [0.05, 0.1) is 6.10 Å². The molecule has 1 saturated heterocycles. The molecule has 0 amide bonds. The predicted molar refractivity (Wildman–Crippen MR) is 86.2 cm³/mol. The second-order valence-electron chi connectivity index (χ2n) is 5.85. The molecule has 0 aromatic heterocycles. The molecule has 2 aliphatic rings. The maximum Gasteiger partial charge on any atom is 0.0605 e. The molecule has 3 nitrogen and oxygen atoms in total. The van der Waals surface area contributed by atoms with E-state index >= 15 is 0 Å². The third kappa shape index (κ3) is 3.54. The second kappa shape index (κ2) is 6.46. The number of hydrogen-bond acceptors (Lipinski definition) is 3. The third-order valence-corrected chi connectivity index (χ3v) is 4.82. The molecule has 0 spiro atoms. The van der Waals surface area contributed by atoms with Gasteiger partial charge in [-0.15, -0.1) is 0 Å². The highest BCUT2D eigenvalue weighted by molar-refractivity contribution is 9.10. The highest BCUT2D eigenvalue weighted by Crippen LogP contribution is 2.29. The Balaban J connectivity index is 1.71. The van der Waals surface area contributed by atoms with E-state index in [1.807, 2.05) is 7.11 Å². The monoisotopic (exact) mass is 338 g/mol. The number of halogens is 1. The average Bonchev–Trinajstić information content (AvgIpc) is 3.30. The lowest BCUT2D eigenvalue weighted by Gasteiger charge is -2.34. The van der Waals surface area contributed by atoms with Gasteiger partial charge in [0.15, 0.2) is 0 Å². The topological polar surface area (TPSA) is 24.5 Å². The predicted octanol–water partition coefficient (Wildman–Crippen LogP) is 3.32. The van der Waals surface area contributed by atoms with Crippen LogP contribution in [-0.4, -0.2) is 32.3 Å². The van der Waals surface area contributed by atoms with Crippen molar-refractivity contribution in [2.24, 2.45) is 0 Å². The summed E-state index contributed by atoms with van der Waals surface area (Å²) in [6.07, 6.45) is 5.36. The molecule has 1 saturated carbocycles. The molecule has 1 aliphatic carbocycles. The smallest absolute Gasteiger partial charge is 0.0605 e. The summed E-state index contributed by atoms with van der Waals surface area (Å²) in [6.45, 7) is 3.16. The van der Waals surface area contributed by atoms with Crippen LogP contribution in [0.4, 0.5) is 5.69 Å². The molecule has 1 N–H and O–H groups in total. The average molecular weight is 339 g/mol. The molecule has 2 fully saturated rings. The fourth-order valence-electron chi connectivity index (χ4n) is 2.86. The van der Waals surface area contributed by atoms with Gasteiger partial charge >= 0.3 is 0 Å². The molecule has 0 radical (unpaired) electrons. The van der Waals surface area contributed by atoms with Crippen molar-refractivity contribution < 1.29 is 4.74 Å². The lowest BCUT2D eigenvalue weighted by Crippen LogP contribution is -2.37. The molecule has 0 unspecified atom stereocenters. The summed E-state index contributed by atoms with van der Waals surface area (Å²) < 4.78 is 6.63. The van der Waals surface area contributed by atoms with Crippen molar-refractivity contribution in [2.75, 3.05) is 25.1 Å². The van der Waals surface area contributed by atoms with Crippen molar-refractivity contribution in [2.45, 2.75) is 44.4 Å². The number of nitrogens with one attached hydrogen (secondary N) is 1. The minimum absolute atomic E-state index is 0.437. The normalized spacial score (nSPS) is 20.4. The number of piperidine rings is 1. The molecule has 0 atom stereocenters. The fourth-order valence-corrected chi connectivity index (χ4v) is 3.20. The van der Waals surface area contributed by atoms with E-state index in [1.54, 1.807) is 0 Å². The van der Waals surface area contributed by atoms with Crippen LogP contribution in [0.1, 0.15) is 31.2 Å².